The van der Waals surface area contributed by atoms with Gasteiger partial charge < -0.3 is 15.1 Å². The number of hydrogen-bond donors (Lipinski definition) is 1. The largest absolute Gasteiger partial charge is 0.349 e. The quantitative estimate of drug-likeness (QED) is 0.663. The summed E-state index contributed by atoms with van der Waals surface area (Å²) in [5.41, 5.74) is 0.476. The normalized spacial score (nSPS) is 20.0. The number of carbonyl (C=O) groups is 1. The molecule has 1 N–H and O–H groups in total. The van der Waals surface area contributed by atoms with Crippen molar-refractivity contribution in [1.29, 1.82) is 5.26 Å². The van der Waals surface area contributed by atoms with Gasteiger partial charge in [0.1, 0.15) is 0 Å². The zero-order chi connectivity index (χ0) is 21.6. The number of carbonyl (C=O) groups excluding carboxylic acids is 1. The highest BCUT2D eigenvalue weighted by Gasteiger charge is 2.28. The van der Waals surface area contributed by atoms with Gasteiger partial charge in [0.15, 0.2) is 9.84 Å². The third-order valence-corrected chi connectivity index (χ3v) is 8.06. The fourth-order valence-electron chi connectivity index (χ4n) is 4.31. The van der Waals surface area contributed by atoms with Crippen LogP contribution in [0.3, 0.4) is 0 Å². The van der Waals surface area contributed by atoms with Crippen molar-refractivity contribution in [1.82, 2.24) is 15.1 Å². The van der Waals surface area contributed by atoms with Crippen LogP contribution in [-0.2, 0) is 9.84 Å². The van der Waals surface area contributed by atoms with E-state index in [1.54, 1.807) is 12.1 Å². The Labute approximate surface area is 180 Å². The van der Waals surface area contributed by atoms with E-state index < -0.39 is 9.84 Å². The molecule has 0 spiro atoms. The summed E-state index contributed by atoms with van der Waals surface area (Å²) in [4.78, 5) is 17.7. The van der Waals surface area contributed by atoms with Crippen LogP contribution in [0.1, 0.15) is 48.9 Å². The molecule has 0 unspecified atom stereocenters. The van der Waals surface area contributed by atoms with Crippen LogP contribution in [0.2, 0.25) is 0 Å². The average molecular weight is 433 g/mol. The van der Waals surface area contributed by atoms with Crippen LogP contribution < -0.4 is 5.32 Å². The summed E-state index contributed by atoms with van der Waals surface area (Å²) in [6, 6.07) is 8.89. The summed E-state index contributed by atoms with van der Waals surface area (Å²) < 4.78 is 24.5. The number of piperidine rings is 2. The molecule has 0 aromatic heterocycles. The summed E-state index contributed by atoms with van der Waals surface area (Å²) in [6.45, 7) is 4.34. The van der Waals surface area contributed by atoms with E-state index in [-0.39, 0.29) is 29.0 Å². The molecular formula is C22H32N4O3S. The van der Waals surface area contributed by atoms with Crippen molar-refractivity contribution in [3.63, 3.8) is 0 Å². The molecule has 2 aliphatic rings. The molecule has 1 aromatic carbocycles. The average Bonchev–Trinajstić information content (AvgIpc) is 2.75. The number of rotatable bonds is 7. The van der Waals surface area contributed by atoms with E-state index in [0.717, 1.165) is 39.0 Å². The highest BCUT2D eigenvalue weighted by molar-refractivity contribution is 7.91. The number of nitrogens with zero attached hydrogens (tertiary/aromatic N) is 3. The van der Waals surface area contributed by atoms with Crippen molar-refractivity contribution in [3.8, 4) is 6.07 Å². The first-order chi connectivity index (χ1) is 14.4. The fourth-order valence-corrected chi connectivity index (χ4v) is 5.62. The van der Waals surface area contributed by atoms with Crippen LogP contribution in [0.5, 0.6) is 0 Å². The number of hydrogen-bond acceptors (Lipinski definition) is 6. The number of likely N-dealkylation sites (tertiary alicyclic amines) is 2. The van der Waals surface area contributed by atoms with Gasteiger partial charge in [-0.2, -0.15) is 5.26 Å². The summed E-state index contributed by atoms with van der Waals surface area (Å²) >= 11 is 0. The topological polar surface area (TPSA) is 93.5 Å². The van der Waals surface area contributed by atoms with Crippen LogP contribution in [0, 0.1) is 11.3 Å². The molecule has 7 nitrogen and oxygen atoms in total. The van der Waals surface area contributed by atoms with Crippen LogP contribution in [-0.4, -0.2) is 75.2 Å². The van der Waals surface area contributed by atoms with Gasteiger partial charge in [-0.1, -0.05) is 0 Å². The lowest BCUT2D eigenvalue weighted by Gasteiger charge is -2.41. The maximum absolute atomic E-state index is 12.6. The van der Waals surface area contributed by atoms with Crippen molar-refractivity contribution in [2.75, 3.05) is 39.0 Å². The van der Waals surface area contributed by atoms with Gasteiger partial charge in [-0.3, -0.25) is 4.79 Å². The highest BCUT2D eigenvalue weighted by Crippen LogP contribution is 2.21. The molecule has 30 heavy (non-hydrogen) atoms. The lowest BCUT2D eigenvalue weighted by molar-refractivity contribution is 0.0807. The molecule has 1 aromatic rings. The Kier molecular flexibility index (Phi) is 7.87. The molecule has 0 radical (unpaired) electrons. The van der Waals surface area contributed by atoms with Crippen molar-refractivity contribution in [2.45, 2.75) is 55.5 Å². The predicted molar refractivity (Wildman–Crippen MR) is 116 cm³/mol. The Balaban J connectivity index is 1.48. The molecule has 1 amide bonds. The molecule has 2 saturated heterocycles. The molecule has 0 aliphatic carbocycles. The van der Waals surface area contributed by atoms with Gasteiger partial charge in [-0.05, 0) is 76.5 Å². The minimum absolute atomic E-state index is 0.0536. The monoisotopic (exact) mass is 432 g/mol. The number of sulfone groups is 1. The van der Waals surface area contributed by atoms with Gasteiger partial charge >= 0.3 is 0 Å². The first kappa shape index (κ1) is 22.7. The second-order valence-electron chi connectivity index (χ2n) is 8.42. The lowest BCUT2D eigenvalue weighted by atomic mass is 9.98. The molecule has 3 rings (SSSR count). The highest BCUT2D eigenvalue weighted by atomic mass is 32.2. The minimum Gasteiger partial charge on any atom is -0.349 e. The molecule has 2 fully saturated rings. The zero-order valence-corrected chi connectivity index (χ0v) is 18.5. The maximum atomic E-state index is 12.6. The Hall–Kier alpha value is -1.95. The second-order valence-corrected chi connectivity index (χ2v) is 10.5. The summed E-state index contributed by atoms with van der Waals surface area (Å²) in [5, 5.41) is 11.7. The molecule has 8 heteroatoms. The van der Waals surface area contributed by atoms with Crippen LogP contribution >= 0.6 is 0 Å². The smallest absolute Gasteiger partial charge is 0.251 e. The third kappa shape index (κ3) is 6.03. The molecule has 164 valence electrons. The Morgan fingerprint density at radius 3 is 2.33 bits per heavy atom. The first-order valence-electron chi connectivity index (χ1n) is 10.8. The molecule has 0 atom stereocenters. The van der Waals surface area contributed by atoms with E-state index >= 15 is 0 Å². The standard InChI is InChI=1S/C22H32N4O3S/c1-25-13-10-20(11-14-25)26-15-8-19(9-16-26)24-22(27)18-4-6-21(7-5-18)30(28,29)17-3-2-12-23/h4-7,19-20H,2-3,8-11,13-17H2,1H3,(H,24,27). The first-order valence-corrected chi connectivity index (χ1v) is 12.5. The van der Waals surface area contributed by atoms with E-state index in [1.807, 2.05) is 6.07 Å². The van der Waals surface area contributed by atoms with Crippen molar-refractivity contribution in [2.24, 2.45) is 0 Å². The van der Waals surface area contributed by atoms with Gasteiger partial charge in [-0.15, -0.1) is 0 Å². The Morgan fingerprint density at radius 1 is 1.10 bits per heavy atom. The Bertz CT molecular complexity index is 847. The predicted octanol–water partition coefficient (Wildman–Crippen LogP) is 2.05. The molecule has 2 heterocycles. The SMILES string of the molecule is CN1CCC(N2CCC(NC(=O)c3ccc(S(=O)(=O)CCCC#N)cc3)CC2)CC1. The molecule has 2 aliphatic heterocycles. The molecule has 0 saturated carbocycles. The number of nitrogens with one attached hydrogen (secondary N) is 1. The van der Waals surface area contributed by atoms with Crippen LogP contribution in [0.25, 0.3) is 0 Å². The van der Waals surface area contributed by atoms with Gasteiger partial charge in [0.05, 0.1) is 16.7 Å². The number of unbranched alkanes of at least 4 members (excludes halogenated alkanes) is 1. The number of nitriles is 1. The third-order valence-electron chi connectivity index (χ3n) is 6.25. The molecule has 0 bridgehead atoms. The summed E-state index contributed by atoms with van der Waals surface area (Å²) in [7, 11) is -1.24. The maximum Gasteiger partial charge on any atom is 0.251 e. The van der Waals surface area contributed by atoms with Crippen LogP contribution in [0.4, 0.5) is 0 Å². The van der Waals surface area contributed by atoms with Crippen LogP contribution in [0.15, 0.2) is 29.2 Å². The molecular weight excluding hydrogens is 400 g/mol. The van der Waals surface area contributed by atoms with Crippen molar-refractivity contribution in [3.05, 3.63) is 29.8 Å². The van der Waals surface area contributed by atoms with Gasteiger partial charge in [0.2, 0.25) is 0 Å². The van der Waals surface area contributed by atoms with E-state index in [1.165, 1.54) is 25.0 Å². The van der Waals surface area contributed by atoms with Gasteiger partial charge in [-0.25, -0.2) is 8.42 Å². The van der Waals surface area contributed by atoms with Gasteiger partial charge in [0.25, 0.3) is 5.91 Å². The van der Waals surface area contributed by atoms with E-state index in [4.69, 9.17) is 5.26 Å². The van der Waals surface area contributed by atoms with Crippen molar-refractivity contribution >= 4 is 15.7 Å². The number of benzene rings is 1. The number of amides is 1. The summed E-state index contributed by atoms with van der Waals surface area (Å²) in [5.74, 6) is -0.205. The van der Waals surface area contributed by atoms with E-state index in [0.29, 0.717) is 18.0 Å². The summed E-state index contributed by atoms with van der Waals surface area (Å²) in [6.07, 6.45) is 4.87. The van der Waals surface area contributed by atoms with Crippen molar-refractivity contribution < 1.29 is 13.2 Å². The van der Waals surface area contributed by atoms with Gasteiger partial charge in [0, 0.05) is 37.2 Å². The fraction of sp³-hybridized carbons (Fsp3) is 0.636. The van der Waals surface area contributed by atoms with E-state index in [2.05, 4.69) is 22.2 Å². The lowest BCUT2D eigenvalue weighted by Crippen LogP contribution is -2.50. The Morgan fingerprint density at radius 2 is 1.73 bits per heavy atom. The minimum atomic E-state index is -3.41. The second kappa shape index (κ2) is 10.4. The zero-order valence-electron chi connectivity index (χ0n) is 17.7. The van der Waals surface area contributed by atoms with E-state index in [9.17, 15) is 13.2 Å².